The van der Waals surface area contributed by atoms with Crippen LogP contribution in [0.5, 0.6) is 5.75 Å². The summed E-state index contributed by atoms with van der Waals surface area (Å²) in [5.41, 5.74) is 2.70. The van der Waals surface area contributed by atoms with E-state index in [9.17, 15) is 9.90 Å². The Bertz CT molecular complexity index is 892. The van der Waals surface area contributed by atoms with Crippen LogP contribution in [0.25, 0.3) is 0 Å². The zero-order chi connectivity index (χ0) is 22.2. The van der Waals surface area contributed by atoms with Gasteiger partial charge >= 0.3 is 0 Å². The number of piperazine rings is 1. The fourth-order valence-corrected chi connectivity index (χ4v) is 3.86. The van der Waals surface area contributed by atoms with Crippen molar-refractivity contribution in [2.75, 3.05) is 51.2 Å². The van der Waals surface area contributed by atoms with Crippen molar-refractivity contribution in [3.8, 4) is 5.75 Å². The molecule has 0 radical (unpaired) electrons. The molecule has 8 heteroatoms. The third-order valence-corrected chi connectivity index (χ3v) is 5.72. The second kappa shape index (κ2) is 12.5. The van der Waals surface area contributed by atoms with Crippen molar-refractivity contribution in [1.29, 1.82) is 0 Å². The van der Waals surface area contributed by atoms with Crippen LogP contribution in [0.2, 0.25) is 0 Å². The second-order valence-electron chi connectivity index (χ2n) is 7.54. The lowest BCUT2D eigenvalue weighted by Crippen LogP contribution is -2.52. The normalized spacial score (nSPS) is 14.0. The highest BCUT2D eigenvalue weighted by molar-refractivity contribution is 14.0. The fourth-order valence-electron chi connectivity index (χ4n) is 3.86. The average molecular weight is 551 g/mol. The number of para-hydroxylation sites is 2. The molecule has 1 amide bonds. The number of hydrogen-bond acceptors (Lipinski definition) is 4. The first-order chi connectivity index (χ1) is 15.1. The Hall–Kier alpha value is -2.49. The number of nitrogens with zero attached hydrogens (tertiary/aromatic N) is 4. The number of halogens is 1. The van der Waals surface area contributed by atoms with Crippen molar-refractivity contribution in [1.82, 2.24) is 15.1 Å². The van der Waals surface area contributed by atoms with Crippen LogP contribution in [0.15, 0.2) is 53.5 Å². The summed E-state index contributed by atoms with van der Waals surface area (Å²) in [4.78, 5) is 23.1. The molecular formula is C24H34IN5O2. The van der Waals surface area contributed by atoms with Gasteiger partial charge in [0.2, 0.25) is 0 Å². The van der Waals surface area contributed by atoms with Crippen LogP contribution in [0.3, 0.4) is 0 Å². The summed E-state index contributed by atoms with van der Waals surface area (Å²) >= 11 is 0. The Kier molecular flexibility index (Phi) is 10.1. The molecular weight excluding hydrogens is 517 g/mol. The maximum atomic E-state index is 12.5. The number of nitrogens with one attached hydrogen (secondary N) is 1. The molecule has 0 spiro atoms. The molecule has 174 valence electrons. The Morgan fingerprint density at radius 1 is 1.03 bits per heavy atom. The van der Waals surface area contributed by atoms with Crippen molar-refractivity contribution in [3.05, 3.63) is 59.7 Å². The van der Waals surface area contributed by atoms with E-state index in [1.54, 1.807) is 13.1 Å². The van der Waals surface area contributed by atoms with E-state index in [4.69, 9.17) is 0 Å². The number of aliphatic imine (C=N–C) groups is 1. The van der Waals surface area contributed by atoms with Gasteiger partial charge in [-0.15, -0.1) is 24.0 Å². The number of amides is 1. The van der Waals surface area contributed by atoms with Gasteiger partial charge in [0.15, 0.2) is 5.96 Å². The monoisotopic (exact) mass is 551 g/mol. The minimum Gasteiger partial charge on any atom is -0.506 e. The molecule has 7 nitrogen and oxygen atoms in total. The smallest absolute Gasteiger partial charge is 0.253 e. The van der Waals surface area contributed by atoms with Crippen LogP contribution in [0.4, 0.5) is 5.69 Å². The number of benzene rings is 2. The number of carbonyl (C=O) groups is 1. The van der Waals surface area contributed by atoms with Gasteiger partial charge in [-0.05, 0) is 43.7 Å². The van der Waals surface area contributed by atoms with E-state index in [0.717, 1.165) is 49.0 Å². The van der Waals surface area contributed by atoms with Crippen LogP contribution in [0.1, 0.15) is 29.8 Å². The summed E-state index contributed by atoms with van der Waals surface area (Å²) in [6.07, 6.45) is 0. The third-order valence-electron chi connectivity index (χ3n) is 5.72. The Balaban J connectivity index is 0.00000363. The minimum absolute atomic E-state index is 0. The minimum atomic E-state index is 0. The molecule has 3 rings (SSSR count). The molecule has 1 aliphatic rings. The lowest BCUT2D eigenvalue weighted by Gasteiger charge is -2.37. The molecule has 0 aliphatic carbocycles. The SMILES string of the molecule is CCN(CC)C(=O)c1ccc(CNC(=NC)N2CCN(c3ccccc3O)CC2)cc1.I. The number of phenolic OH excluding ortho intramolecular Hbond substituents is 1. The summed E-state index contributed by atoms with van der Waals surface area (Å²) in [6.45, 7) is 9.35. The van der Waals surface area contributed by atoms with Crippen molar-refractivity contribution < 1.29 is 9.90 Å². The molecule has 0 unspecified atom stereocenters. The zero-order valence-corrected chi connectivity index (χ0v) is 21.5. The Labute approximate surface area is 208 Å². The second-order valence-corrected chi connectivity index (χ2v) is 7.54. The molecule has 32 heavy (non-hydrogen) atoms. The molecule has 1 saturated heterocycles. The van der Waals surface area contributed by atoms with E-state index >= 15 is 0 Å². The van der Waals surface area contributed by atoms with E-state index in [0.29, 0.717) is 25.4 Å². The molecule has 1 fully saturated rings. The fraction of sp³-hybridized carbons (Fsp3) is 0.417. The van der Waals surface area contributed by atoms with E-state index in [-0.39, 0.29) is 29.9 Å². The summed E-state index contributed by atoms with van der Waals surface area (Å²) in [6, 6.07) is 15.2. The standard InChI is InChI=1S/C24H33N5O2.HI/c1-4-27(5-2)23(31)20-12-10-19(11-13-20)18-26-24(25-3)29-16-14-28(15-17-29)21-8-6-7-9-22(21)30;/h6-13,30H,4-5,14-18H2,1-3H3,(H,25,26);1H. The number of anilines is 1. The number of rotatable bonds is 6. The third kappa shape index (κ3) is 6.27. The van der Waals surface area contributed by atoms with Gasteiger partial charge in [-0.3, -0.25) is 9.79 Å². The van der Waals surface area contributed by atoms with Gasteiger partial charge in [0.1, 0.15) is 5.75 Å². The lowest BCUT2D eigenvalue weighted by atomic mass is 10.1. The predicted molar refractivity (Wildman–Crippen MR) is 141 cm³/mol. The lowest BCUT2D eigenvalue weighted by molar-refractivity contribution is 0.0773. The van der Waals surface area contributed by atoms with E-state index in [1.807, 2.05) is 61.2 Å². The first-order valence-electron chi connectivity index (χ1n) is 10.9. The summed E-state index contributed by atoms with van der Waals surface area (Å²) in [5, 5.41) is 13.5. The predicted octanol–water partition coefficient (Wildman–Crippen LogP) is 3.39. The number of hydrogen-bond donors (Lipinski definition) is 2. The largest absolute Gasteiger partial charge is 0.506 e. The van der Waals surface area contributed by atoms with Crippen LogP contribution in [-0.2, 0) is 6.54 Å². The van der Waals surface area contributed by atoms with Crippen molar-refractivity contribution in [2.24, 2.45) is 4.99 Å². The Morgan fingerprint density at radius 3 is 2.22 bits per heavy atom. The highest BCUT2D eigenvalue weighted by atomic mass is 127. The van der Waals surface area contributed by atoms with Crippen LogP contribution < -0.4 is 10.2 Å². The van der Waals surface area contributed by atoms with Gasteiger partial charge in [0.05, 0.1) is 5.69 Å². The van der Waals surface area contributed by atoms with Gasteiger partial charge in [0.25, 0.3) is 5.91 Å². The molecule has 0 bridgehead atoms. The molecule has 2 aromatic rings. The van der Waals surface area contributed by atoms with Crippen molar-refractivity contribution >= 4 is 41.5 Å². The molecule has 2 N–H and O–H groups in total. The molecule has 0 aromatic heterocycles. The van der Waals surface area contributed by atoms with Gasteiger partial charge in [-0.2, -0.15) is 0 Å². The maximum Gasteiger partial charge on any atom is 0.253 e. The topological polar surface area (TPSA) is 71.4 Å². The summed E-state index contributed by atoms with van der Waals surface area (Å²) in [5.74, 6) is 1.25. The number of phenols is 1. The van der Waals surface area contributed by atoms with E-state index in [1.165, 1.54) is 0 Å². The first-order valence-corrected chi connectivity index (χ1v) is 10.9. The average Bonchev–Trinajstić information content (AvgIpc) is 2.81. The number of carbonyl (C=O) groups excluding carboxylic acids is 1. The highest BCUT2D eigenvalue weighted by Gasteiger charge is 2.21. The van der Waals surface area contributed by atoms with Crippen LogP contribution in [-0.4, -0.2) is 73.1 Å². The summed E-state index contributed by atoms with van der Waals surface area (Å²) in [7, 11) is 1.80. The van der Waals surface area contributed by atoms with Crippen molar-refractivity contribution in [3.63, 3.8) is 0 Å². The molecule has 0 atom stereocenters. The molecule has 1 aliphatic heterocycles. The highest BCUT2D eigenvalue weighted by Crippen LogP contribution is 2.27. The van der Waals surface area contributed by atoms with Crippen molar-refractivity contribution in [2.45, 2.75) is 20.4 Å². The maximum absolute atomic E-state index is 12.5. The quantitative estimate of drug-likeness (QED) is 0.327. The Morgan fingerprint density at radius 2 is 1.66 bits per heavy atom. The van der Waals surface area contributed by atoms with E-state index < -0.39 is 0 Å². The zero-order valence-electron chi connectivity index (χ0n) is 19.1. The molecule has 2 aromatic carbocycles. The molecule has 1 heterocycles. The summed E-state index contributed by atoms with van der Waals surface area (Å²) < 4.78 is 0. The van der Waals surface area contributed by atoms with Gasteiger partial charge in [0, 0.05) is 58.4 Å². The van der Waals surface area contributed by atoms with Gasteiger partial charge in [-0.1, -0.05) is 24.3 Å². The van der Waals surface area contributed by atoms with E-state index in [2.05, 4.69) is 20.1 Å². The van der Waals surface area contributed by atoms with Gasteiger partial charge < -0.3 is 25.1 Å². The van der Waals surface area contributed by atoms with Crippen LogP contribution >= 0.6 is 24.0 Å². The number of aromatic hydroxyl groups is 1. The molecule has 0 saturated carbocycles. The van der Waals surface area contributed by atoms with Gasteiger partial charge in [-0.25, -0.2) is 0 Å². The van der Waals surface area contributed by atoms with Crippen LogP contribution in [0, 0.1) is 0 Å². The number of guanidine groups is 1. The first kappa shape index (κ1) is 25.8.